The van der Waals surface area contributed by atoms with Gasteiger partial charge in [0.25, 0.3) is 5.78 Å². The number of nitrogens with one attached hydrogen (secondary N) is 1. The molecule has 156 valence electrons. The van der Waals surface area contributed by atoms with Gasteiger partial charge in [0.15, 0.2) is 0 Å². The Balaban J connectivity index is 2.00. The largest absolute Gasteiger partial charge is 0.465 e. The van der Waals surface area contributed by atoms with Crippen molar-refractivity contribution in [1.29, 1.82) is 0 Å². The normalized spacial score (nSPS) is 11.4. The Morgan fingerprint density at radius 3 is 2.33 bits per heavy atom. The highest BCUT2D eigenvalue weighted by molar-refractivity contribution is 6.11. The number of ketones is 1. The molecule has 1 heterocycles. The lowest BCUT2D eigenvalue weighted by Gasteiger charge is -2.08. The van der Waals surface area contributed by atoms with Crippen LogP contribution in [0.3, 0.4) is 0 Å². The van der Waals surface area contributed by atoms with E-state index in [0.29, 0.717) is 5.69 Å². The Bertz CT molecular complexity index is 1130. The molecular formula is C21H17F3N2O4. The van der Waals surface area contributed by atoms with Crippen molar-refractivity contribution in [1.82, 2.24) is 4.57 Å². The van der Waals surface area contributed by atoms with Crippen molar-refractivity contribution in [2.45, 2.75) is 19.6 Å². The number of hydrogen-bond acceptors (Lipinski definition) is 4. The molecule has 0 unspecified atom stereocenters. The van der Waals surface area contributed by atoms with Gasteiger partial charge in [-0.25, -0.2) is 4.79 Å². The molecule has 3 aromatic rings. The van der Waals surface area contributed by atoms with Crippen molar-refractivity contribution in [2.24, 2.45) is 0 Å². The Morgan fingerprint density at radius 2 is 1.73 bits per heavy atom. The van der Waals surface area contributed by atoms with Crippen molar-refractivity contribution in [2.75, 3.05) is 12.4 Å². The number of Topliss-reactive ketones (excluding diaryl/α,β-unsaturated/α-hetero) is 1. The summed E-state index contributed by atoms with van der Waals surface area (Å²) in [5.74, 6) is -3.24. The molecule has 2 aromatic carbocycles. The zero-order chi connectivity index (χ0) is 22.1. The Kier molecular flexibility index (Phi) is 5.64. The zero-order valence-electron chi connectivity index (χ0n) is 16.0. The van der Waals surface area contributed by atoms with Crippen LogP contribution < -0.4 is 5.32 Å². The maximum Gasteiger partial charge on any atom is 0.454 e. The molecule has 3 rings (SSSR count). The van der Waals surface area contributed by atoms with Crippen molar-refractivity contribution in [3.63, 3.8) is 0 Å². The van der Waals surface area contributed by atoms with Gasteiger partial charge in [0.2, 0.25) is 5.91 Å². The van der Waals surface area contributed by atoms with Gasteiger partial charge in [0.05, 0.1) is 23.8 Å². The lowest BCUT2D eigenvalue weighted by atomic mass is 10.1. The van der Waals surface area contributed by atoms with E-state index in [1.165, 1.54) is 29.9 Å². The van der Waals surface area contributed by atoms with E-state index in [4.69, 9.17) is 0 Å². The first kappa shape index (κ1) is 21.1. The highest BCUT2D eigenvalue weighted by Crippen LogP contribution is 2.29. The summed E-state index contributed by atoms with van der Waals surface area (Å²) in [5, 5.41) is 2.62. The van der Waals surface area contributed by atoms with Crippen molar-refractivity contribution in [3.8, 4) is 0 Å². The molecule has 0 fully saturated rings. The summed E-state index contributed by atoms with van der Waals surface area (Å²) >= 11 is 0. The van der Waals surface area contributed by atoms with Gasteiger partial charge < -0.3 is 14.6 Å². The minimum absolute atomic E-state index is 0.0203. The molecule has 30 heavy (non-hydrogen) atoms. The molecule has 0 bridgehead atoms. The van der Waals surface area contributed by atoms with E-state index in [0.717, 1.165) is 11.8 Å². The molecule has 1 aromatic heterocycles. The number of rotatable bonds is 5. The van der Waals surface area contributed by atoms with Crippen LogP contribution in [0.2, 0.25) is 0 Å². The number of carbonyl (C=O) groups is 3. The minimum Gasteiger partial charge on any atom is -0.465 e. The molecule has 1 amide bonds. The smallest absolute Gasteiger partial charge is 0.454 e. The molecule has 9 heteroatoms. The summed E-state index contributed by atoms with van der Waals surface area (Å²) in [6, 6.07) is 10.7. The van der Waals surface area contributed by atoms with Crippen LogP contribution in [0.4, 0.5) is 18.9 Å². The highest BCUT2D eigenvalue weighted by atomic mass is 19.4. The number of aryl methyl sites for hydroxylation is 1. The van der Waals surface area contributed by atoms with E-state index in [1.54, 1.807) is 24.3 Å². The summed E-state index contributed by atoms with van der Waals surface area (Å²) in [5.41, 5.74) is 1.12. The maximum absolute atomic E-state index is 13.0. The first-order chi connectivity index (χ1) is 14.1. The van der Waals surface area contributed by atoms with Crippen LogP contribution >= 0.6 is 0 Å². The Hall–Kier alpha value is -3.62. The van der Waals surface area contributed by atoms with Gasteiger partial charge in [0, 0.05) is 17.3 Å². The summed E-state index contributed by atoms with van der Waals surface area (Å²) in [6.07, 6.45) is -4.11. The number of nitrogens with zero attached hydrogens (tertiary/aromatic N) is 1. The Morgan fingerprint density at radius 1 is 1.07 bits per heavy atom. The number of benzene rings is 2. The van der Waals surface area contributed by atoms with Crippen LogP contribution in [-0.2, 0) is 16.1 Å². The van der Waals surface area contributed by atoms with Crippen molar-refractivity contribution in [3.05, 3.63) is 65.4 Å². The third kappa shape index (κ3) is 4.35. The van der Waals surface area contributed by atoms with Crippen molar-refractivity contribution < 1.29 is 32.3 Å². The number of amides is 1. The molecule has 0 aliphatic rings. The third-order valence-electron chi connectivity index (χ3n) is 4.45. The van der Waals surface area contributed by atoms with Crippen LogP contribution in [0.5, 0.6) is 0 Å². The van der Waals surface area contributed by atoms with Gasteiger partial charge in [-0.2, -0.15) is 13.2 Å². The van der Waals surface area contributed by atoms with E-state index in [-0.39, 0.29) is 23.0 Å². The van der Waals surface area contributed by atoms with E-state index in [1.807, 2.05) is 6.92 Å². The number of ether oxygens (including phenoxy) is 1. The summed E-state index contributed by atoms with van der Waals surface area (Å²) < 4.78 is 44.8. The second kappa shape index (κ2) is 8.02. The maximum atomic E-state index is 13.0. The second-order valence-electron chi connectivity index (χ2n) is 6.64. The third-order valence-corrected chi connectivity index (χ3v) is 4.45. The molecule has 0 aliphatic carbocycles. The predicted octanol–water partition coefficient (Wildman–Crippen LogP) is 4.12. The average Bonchev–Trinajstić information content (AvgIpc) is 3.05. The van der Waals surface area contributed by atoms with Crippen LogP contribution in [0.1, 0.15) is 26.3 Å². The van der Waals surface area contributed by atoms with Crippen LogP contribution in [0.25, 0.3) is 10.9 Å². The SMILES string of the molecule is COC(=O)c1ccc2c(C(=O)C(F)(F)F)cn(CC(=O)Nc3ccc(C)cc3)c2c1. The van der Waals surface area contributed by atoms with Crippen LogP contribution in [0, 0.1) is 6.92 Å². The van der Waals surface area contributed by atoms with E-state index < -0.39 is 29.4 Å². The molecule has 0 atom stereocenters. The lowest BCUT2D eigenvalue weighted by molar-refractivity contribution is -0.116. The minimum atomic E-state index is -5.08. The summed E-state index contributed by atoms with van der Waals surface area (Å²) in [7, 11) is 1.17. The van der Waals surface area contributed by atoms with E-state index in [2.05, 4.69) is 10.1 Å². The number of aromatic nitrogens is 1. The average molecular weight is 418 g/mol. The molecule has 0 saturated heterocycles. The topological polar surface area (TPSA) is 77.4 Å². The van der Waals surface area contributed by atoms with Gasteiger partial charge in [-0.1, -0.05) is 23.8 Å². The number of halogens is 3. The molecule has 0 aliphatic heterocycles. The first-order valence-corrected chi connectivity index (χ1v) is 8.79. The molecule has 0 spiro atoms. The fourth-order valence-corrected chi connectivity index (χ4v) is 2.99. The zero-order valence-corrected chi connectivity index (χ0v) is 16.0. The van der Waals surface area contributed by atoms with Crippen molar-refractivity contribution >= 4 is 34.3 Å². The van der Waals surface area contributed by atoms with Gasteiger partial charge in [0.1, 0.15) is 6.54 Å². The fourth-order valence-electron chi connectivity index (χ4n) is 2.99. The van der Waals surface area contributed by atoms with Gasteiger partial charge in [-0.15, -0.1) is 0 Å². The first-order valence-electron chi connectivity index (χ1n) is 8.79. The van der Waals surface area contributed by atoms with Crippen LogP contribution in [0.15, 0.2) is 48.7 Å². The highest BCUT2D eigenvalue weighted by Gasteiger charge is 2.41. The summed E-state index contributed by atoms with van der Waals surface area (Å²) in [6.45, 7) is 1.52. The Labute approximate surface area is 169 Å². The lowest BCUT2D eigenvalue weighted by Crippen LogP contribution is -2.22. The fraction of sp³-hybridized carbons (Fsp3) is 0.190. The quantitative estimate of drug-likeness (QED) is 0.500. The summed E-state index contributed by atoms with van der Waals surface area (Å²) in [4.78, 5) is 36.1. The number of methoxy groups -OCH3 is 1. The van der Waals surface area contributed by atoms with Gasteiger partial charge in [-0.05, 0) is 31.2 Å². The number of alkyl halides is 3. The monoisotopic (exact) mass is 418 g/mol. The molecule has 0 saturated carbocycles. The molecule has 1 N–H and O–H groups in total. The second-order valence-corrected chi connectivity index (χ2v) is 6.64. The van der Waals surface area contributed by atoms with E-state index in [9.17, 15) is 27.6 Å². The van der Waals surface area contributed by atoms with Crippen LogP contribution in [-0.4, -0.2) is 35.5 Å². The number of anilines is 1. The van der Waals surface area contributed by atoms with E-state index >= 15 is 0 Å². The van der Waals surface area contributed by atoms with Gasteiger partial charge >= 0.3 is 12.1 Å². The molecule has 0 radical (unpaired) electrons. The molecular weight excluding hydrogens is 401 g/mol. The standard InChI is InChI=1S/C21H17F3N2O4/c1-12-3-6-14(7-4-12)25-18(27)11-26-10-16(19(28)21(22,23)24)15-8-5-13(9-17(15)26)20(29)30-2/h3-10H,11H2,1-2H3,(H,25,27). The number of esters is 1. The predicted molar refractivity (Wildman–Crippen MR) is 103 cm³/mol. The number of carbonyl (C=O) groups excluding carboxylic acids is 3. The number of hydrogen-bond donors (Lipinski definition) is 1. The number of fused-ring (bicyclic) bond motifs is 1. The van der Waals surface area contributed by atoms with Gasteiger partial charge in [-0.3, -0.25) is 9.59 Å². The molecule has 6 nitrogen and oxygen atoms in total.